The van der Waals surface area contributed by atoms with E-state index >= 15 is 0 Å². The van der Waals surface area contributed by atoms with E-state index in [1.54, 1.807) is 32.1 Å². The molecule has 2 aromatic carbocycles. The van der Waals surface area contributed by atoms with Gasteiger partial charge in [0.25, 0.3) is 0 Å². The van der Waals surface area contributed by atoms with Crippen molar-refractivity contribution in [2.24, 2.45) is 7.05 Å². The molecule has 0 radical (unpaired) electrons. The number of carbonyl (C=O) groups excluding carboxylic acids is 2. The number of aryl methyl sites for hydroxylation is 1. The number of aliphatic hydroxyl groups is 1. The molecular weight excluding hydrogens is 739 g/mol. The van der Waals surface area contributed by atoms with Crippen molar-refractivity contribution < 1.29 is 24.2 Å². The molecule has 290 valence electrons. The Labute approximate surface area is 332 Å². The monoisotopic (exact) mass is 786 g/mol. The molecule has 1 atom stereocenters. The maximum Gasteiger partial charge on any atom is 0.410 e. The lowest BCUT2D eigenvalue weighted by molar-refractivity contribution is -0.119. The molecule has 13 heteroatoms. The van der Waals surface area contributed by atoms with Gasteiger partial charge < -0.3 is 34.7 Å². The fourth-order valence-electron chi connectivity index (χ4n) is 6.76. The summed E-state index contributed by atoms with van der Waals surface area (Å²) >= 11 is 14.3. The van der Waals surface area contributed by atoms with Crippen LogP contribution in [-0.4, -0.2) is 74.0 Å². The van der Waals surface area contributed by atoms with E-state index in [0.29, 0.717) is 59.5 Å². The molecule has 0 unspecified atom stereocenters. The smallest absolute Gasteiger partial charge is 0.410 e. The van der Waals surface area contributed by atoms with Crippen LogP contribution in [0.2, 0.25) is 10.0 Å². The van der Waals surface area contributed by atoms with E-state index in [1.165, 1.54) is 0 Å². The number of rotatable bonds is 12. The Morgan fingerprint density at radius 2 is 1.78 bits per heavy atom. The predicted octanol–water partition coefficient (Wildman–Crippen LogP) is 8.16. The zero-order chi connectivity index (χ0) is 39.7. The third-order valence-electron chi connectivity index (χ3n) is 9.33. The minimum atomic E-state index is -0.807. The van der Waals surface area contributed by atoms with E-state index in [2.05, 4.69) is 21.7 Å². The van der Waals surface area contributed by atoms with Crippen LogP contribution in [0.4, 0.5) is 4.79 Å². The first-order valence-corrected chi connectivity index (χ1v) is 19.0. The van der Waals surface area contributed by atoms with Crippen LogP contribution in [0, 0.1) is 0 Å². The molecule has 3 N–H and O–H groups in total. The summed E-state index contributed by atoms with van der Waals surface area (Å²) in [7, 11) is 3.54. The summed E-state index contributed by atoms with van der Waals surface area (Å²) in [6.45, 7) is 10.6. The maximum atomic E-state index is 13.3. The summed E-state index contributed by atoms with van der Waals surface area (Å²) in [5.74, 6) is 0.520. The molecule has 1 aliphatic rings. The molecule has 1 aliphatic heterocycles. The van der Waals surface area contributed by atoms with Crippen molar-refractivity contribution in [3.63, 3.8) is 0 Å². The van der Waals surface area contributed by atoms with Crippen LogP contribution in [0.5, 0.6) is 5.75 Å². The Hall–Kier alpha value is -4.68. The highest BCUT2D eigenvalue weighted by Crippen LogP contribution is 2.42. The Morgan fingerprint density at radius 1 is 1.04 bits per heavy atom. The standard InChI is InChI=1S/C42H48Cl2N6O5/c1-41(2,3)55-40(52)50(23-28-13-16-35(51)47-28)22-26-12-11-25(19-34(26)54-7)38-37(44)31(17-18-46-38)30-9-8-10-32(36(30)43)33-15-14-29-27(20-45-24-42(4,5)53)21-49(6)39(29)48-33/h8-12,14-15,17-19,21,28,45,53H,13,16,20,22-24H2,1-7H3,(H,47,51)/t28-/m0/s1. The molecule has 0 aliphatic carbocycles. The fourth-order valence-corrected chi connectivity index (χ4v) is 7.40. The number of aromatic nitrogens is 3. The zero-order valence-electron chi connectivity index (χ0n) is 32.3. The number of ether oxygens (including phenoxy) is 2. The number of hydrogen-bond acceptors (Lipinski definition) is 8. The first-order valence-electron chi connectivity index (χ1n) is 18.3. The van der Waals surface area contributed by atoms with Crippen LogP contribution >= 0.6 is 23.2 Å². The van der Waals surface area contributed by atoms with E-state index in [4.69, 9.17) is 37.7 Å². The first-order chi connectivity index (χ1) is 26.0. The van der Waals surface area contributed by atoms with E-state index in [9.17, 15) is 14.7 Å². The van der Waals surface area contributed by atoms with E-state index in [0.717, 1.165) is 44.5 Å². The van der Waals surface area contributed by atoms with Crippen LogP contribution in [-0.2, 0) is 29.7 Å². The second kappa shape index (κ2) is 16.2. The molecule has 1 saturated heterocycles. The molecule has 0 saturated carbocycles. The number of nitrogens with one attached hydrogen (secondary N) is 2. The highest BCUT2D eigenvalue weighted by molar-refractivity contribution is 6.39. The average Bonchev–Trinajstić information content (AvgIpc) is 3.68. The number of nitrogens with zero attached hydrogens (tertiary/aromatic N) is 4. The molecular formula is C42H48Cl2N6O5. The summed E-state index contributed by atoms with van der Waals surface area (Å²) in [5, 5.41) is 18.3. The number of amides is 2. The van der Waals surface area contributed by atoms with Crippen molar-refractivity contribution >= 4 is 46.2 Å². The van der Waals surface area contributed by atoms with Gasteiger partial charge in [-0.1, -0.05) is 53.5 Å². The molecule has 55 heavy (non-hydrogen) atoms. The summed E-state index contributed by atoms with van der Waals surface area (Å²) < 4.78 is 13.5. The minimum Gasteiger partial charge on any atom is -0.496 e. The van der Waals surface area contributed by atoms with Gasteiger partial charge in [-0.05, 0) is 70.9 Å². The number of fused-ring (bicyclic) bond motifs is 1. The quantitative estimate of drug-likeness (QED) is 0.116. The van der Waals surface area contributed by atoms with E-state index in [1.807, 2.05) is 87.1 Å². The minimum absolute atomic E-state index is 0.0245. The zero-order valence-corrected chi connectivity index (χ0v) is 33.8. The fraction of sp³-hybridized carbons (Fsp3) is 0.381. The van der Waals surface area contributed by atoms with Crippen LogP contribution in [0.25, 0.3) is 44.7 Å². The summed E-state index contributed by atoms with van der Waals surface area (Å²) in [4.78, 5) is 36.5. The second-order valence-corrected chi connectivity index (χ2v) is 16.4. The van der Waals surface area contributed by atoms with Crippen molar-refractivity contribution in [1.82, 2.24) is 30.1 Å². The molecule has 0 bridgehead atoms. The van der Waals surface area contributed by atoms with Gasteiger partial charge in [-0.3, -0.25) is 9.78 Å². The average molecular weight is 788 g/mol. The van der Waals surface area contributed by atoms with Gasteiger partial charge in [-0.25, -0.2) is 9.78 Å². The van der Waals surface area contributed by atoms with Gasteiger partial charge in [0.2, 0.25) is 5.91 Å². The SMILES string of the molecule is COc1cc(-c2nccc(-c3cccc(-c4ccc5c(CNCC(C)(C)O)cn(C)c5n4)c3Cl)c2Cl)ccc1CN(C[C@@H]1CCC(=O)N1)C(=O)OC(C)(C)C. The normalized spacial score (nSPS) is 14.7. The Bertz CT molecular complexity index is 2220. The topological polar surface area (TPSA) is 131 Å². The third-order valence-corrected chi connectivity index (χ3v) is 10.1. The Kier molecular flexibility index (Phi) is 11.8. The van der Waals surface area contributed by atoms with Crippen molar-refractivity contribution in [2.75, 3.05) is 20.2 Å². The van der Waals surface area contributed by atoms with Gasteiger partial charge in [0.1, 0.15) is 17.0 Å². The molecule has 2 amide bonds. The predicted molar refractivity (Wildman–Crippen MR) is 217 cm³/mol. The second-order valence-electron chi connectivity index (χ2n) is 15.6. The van der Waals surface area contributed by atoms with Gasteiger partial charge >= 0.3 is 6.09 Å². The molecule has 11 nitrogen and oxygen atoms in total. The molecule has 6 rings (SSSR count). The third kappa shape index (κ3) is 9.41. The van der Waals surface area contributed by atoms with Crippen molar-refractivity contribution in [2.45, 2.75) is 77.8 Å². The molecule has 1 fully saturated rings. The van der Waals surface area contributed by atoms with Gasteiger partial charge in [0.05, 0.1) is 40.7 Å². The van der Waals surface area contributed by atoms with Gasteiger partial charge in [0, 0.05) is 84.7 Å². The van der Waals surface area contributed by atoms with Crippen molar-refractivity contribution in [1.29, 1.82) is 0 Å². The molecule has 5 aromatic rings. The van der Waals surface area contributed by atoms with Gasteiger partial charge in [0.15, 0.2) is 0 Å². The lowest BCUT2D eigenvalue weighted by Crippen LogP contribution is -2.43. The van der Waals surface area contributed by atoms with Crippen LogP contribution in [0.15, 0.2) is 67.0 Å². The van der Waals surface area contributed by atoms with Gasteiger partial charge in [-0.2, -0.15) is 0 Å². The van der Waals surface area contributed by atoms with Crippen LogP contribution < -0.4 is 15.4 Å². The number of carbonyl (C=O) groups is 2. The molecule has 3 aromatic heterocycles. The lowest BCUT2D eigenvalue weighted by atomic mass is 9.99. The Balaban J connectivity index is 1.28. The van der Waals surface area contributed by atoms with E-state index < -0.39 is 17.3 Å². The summed E-state index contributed by atoms with van der Waals surface area (Å²) in [5.41, 5.74) is 5.33. The summed E-state index contributed by atoms with van der Waals surface area (Å²) in [6.07, 6.45) is 4.34. The number of pyridine rings is 2. The highest BCUT2D eigenvalue weighted by atomic mass is 35.5. The molecule has 4 heterocycles. The lowest BCUT2D eigenvalue weighted by Gasteiger charge is -2.29. The first kappa shape index (κ1) is 40.0. The van der Waals surface area contributed by atoms with Crippen molar-refractivity contribution in [3.05, 3.63) is 88.2 Å². The Morgan fingerprint density at radius 3 is 2.47 bits per heavy atom. The van der Waals surface area contributed by atoms with Crippen LogP contribution in [0.3, 0.4) is 0 Å². The highest BCUT2D eigenvalue weighted by Gasteiger charge is 2.29. The number of hydrogen-bond donors (Lipinski definition) is 3. The number of benzene rings is 2. The molecule has 0 spiro atoms. The number of halogens is 2. The van der Waals surface area contributed by atoms with Gasteiger partial charge in [-0.15, -0.1) is 0 Å². The maximum absolute atomic E-state index is 13.3. The van der Waals surface area contributed by atoms with Crippen molar-refractivity contribution in [3.8, 4) is 39.4 Å². The van der Waals surface area contributed by atoms with Crippen LogP contribution in [0.1, 0.15) is 58.6 Å². The van der Waals surface area contributed by atoms with E-state index in [-0.39, 0.29) is 18.5 Å². The summed E-state index contributed by atoms with van der Waals surface area (Å²) in [6, 6.07) is 17.1. The number of methoxy groups -OCH3 is 1. The largest absolute Gasteiger partial charge is 0.496 e.